The molecule has 5 heteroatoms. The highest BCUT2D eigenvalue weighted by Gasteiger charge is 2.19. The molecule has 0 bridgehead atoms. The molecule has 0 radical (unpaired) electrons. The third kappa shape index (κ3) is 4.67. The number of carbonyl (C=O) groups excluding carboxylic acids is 2. The summed E-state index contributed by atoms with van der Waals surface area (Å²) in [5.74, 6) is -0.587. The van der Waals surface area contributed by atoms with Crippen molar-refractivity contribution in [3.8, 4) is 0 Å². The topological polar surface area (TPSA) is 61.8 Å². The van der Waals surface area contributed by atoms with Crippen LogP contribution in [0.5, 0.6) is 0 Å². The van der Waals surface area contributed by atoms with Crippen molar-refractivity contribution in [2.24, 2.45) is 0 Å². The van der Waals surface area contributed by atoms with Gasteiger partial charge in [-0.25, -0.2) is 14.6 Å². The third-order valence-corrected chi connectivity index (χ3v) is 2.31. The average molecular weight is 216 g/mol. The van der Waals surface area contributed by atoms with Crippen LogP contribution in [0.15, 0.2) is 0 Å². The maximum atomic E-state index is 11.0. The summed E-state index contributed by atoms with van der Waals surface area (Å²) < 4.78 is 4.95. The molecule has 0 saturated heterocycles. The molecule has 15 heavy (non-hydrogen) atoms. The molecule has 1 saturated carbocycles. The number of rotatable bonds is 2. The smallest absolute Gasteiger partial charge is 0.428 e. The average Bonchev–Trinajstić information content (AvgIpc) is 2.27. The first-order chi connectivity index (χ1) is 7.22. The Hall–Kier alpha value is -1.26. The van der Waals surface area contributed by atoms with Crippen molar-refractivity contribution >= 4 is 12.1 Å². The second-order valence-corrected chi connectivity index (χ2v) is 3.52. The van der Waals surface area contributed by atoms with E-state index in [1.165, 1.54) is 6.42 Å². The first-order valence-corrected chi connectivity index (χ1v) is 5.30. The van der Waals surface area contributed by atoms with Crippen molar-refractivity contribution in [2.75, 3.05) is 0 Å². The molecular formula is C10H16O5. The molecule has 0 N–H and O–H groups in total. The van der Waals surface area contributed by atoms with E-state index in [0.717, 1.165) is 25.7 Å². The lowest BCUT2D eigenvalue weighted by atomic mass is 9.98. The Morgan fingerprint density at radius 3 is 2.40 bits per heavy atom. The van der Waals surface area contributed by atoms with E-state index in [9.17, 15) is 9.59 Å². The predicted molar refractivity (Wildman–Crippen MR) is 50.8 cm³/mol. The number of hydrogen-bond donors (Lipinski definition) is 0. The van der Waals surface area contributed by atoms with Gasteiger partial charge in [-0.05, 0) is 25.7 Å². The lowest BCUT2D eigenvalue weighted by molar-refractivity contribution is -0.245. The van der Waals surface area contributed by atoms with E-state index in [2.05, 4.69) is 9.78 Å². The fraction of sp³-hybridized carbons (Fsp3) is 0.800. The summed E-state index contributed by atoms with van der Waals surface area (Å²) in [7, 11) is 0. The van der Waals surface area contributed by atoms with Gasteiger partial charge in [0.15, 0.2) is 0 Å². The first kappa shape index (κ1) is 11.8. The Morgan fingerprint density at radius 2 is 1.80 bits per heavy atom. The van der Waals surface area contributed by atoms with Gasteiger partial charge in [0, 0.05) is 6.42 Å². The molecular weight excluding hydrogens is 200 g/mol. The normalized spacial score (nSPS) is 16.9. The summed E-state index contributed by atoms with van der Waals surface area (Å²) in [6, 6.07) is 0. The number of hydrogen-bond acceptors (Lipinski definition) is 5. The number of ether oxygens (including phenoxy) is 1. The van der Waals surface area contributed by atoms with Gasteiger partial charge in [-0.15, -0.1) is 0 Å². The van der Waals surface area contributed by atoms with E-state index in [4.69, 9.17) is 4.74 Å². The van der Waals surface area contributed by atoms with E-state index < -0.39 is 12.1 Å². The Bertz CT molecular complexity index is 220. The van der Waals surface area contributed by atoms with Crippen LogP contribution in [0, 0.1) is 0 Å². The van der Waals surface area contributed by atoms with Crippen LogP contribution in [-0.2, 0) is 19.3 Å². The van der Waals surface area contributed by atoms with Crippen LogP contribution in [0.4, 0.5) is 4.79 Å². The fourth-order valence-electron chi connectivity index (χ4n) is 1.48. The molecule has 1 aliphatic carbocycles. The maximum Gasteiger partial charge on any atom is 0.550 e. The van der Waals surface area contributed by atoms with Crippen LogP contribution < -0.4 is 0 Å². The van der Waals surface area contributed by atoms with E-state index in [-0.39, 0.29) is 12.5 Å². The molecule has 86 valence electrons. The molecule has 0 atom stereocenters. The molecule has 0 amide bonds. The number of carbonyl (C=O) groups is 2. The predicted octanol–water partition coefficient (Wildman–Crippen LogP) is 2.34. The van der Waals surface area contributed by atoms with Crippen LogP contribution in [0.1, 0.15) is 45.4 Å². The molecule has 0 aromatic heterocycles. The van der Waals surface area contributed by atoms with Gasteiger partial charge >= 0.3 is 12.1 Å². The van der Waals surface area contributed by atoms with Gasteiger partial charge in [0.25, 0.3) is 0 Å². The Balaban J connectivity index is 2.14. The highest BCUT2D eigenvalue weighted by atomic mass is 17.2. The van der Waals surface area contributed by atoms with E-state index in [1.807, 2.05) is 0 Å². The summed E-state index contributed by atoms with van der Waals surface area (Å²) in [5.41, 5.74) is 0. The summed E-state index contributed by atoms with van der Waals surface area (Å²) >= 11 is 0. The highest BCUT2D eigenvalue weighted by molar-refractivity contribution is 5.69. The fourth-order valence-corrected chi connectivity index (χ4v) is 1.48. The quantitative estimate of drug-likeness (QED) is 0.402. The molecule has 1 aliphatic rings. The van der Waals surface area contributed by atoms with Crippen molar-refractivity contribution in [3.05, 3.63) is 0 Å². The summed E-state index contributed by atoms with van der Waals surface area (Å²) in [4.78, 5) is 30.0. The minimum atomic E-state index is -0.927. The molecule has 0 heterocycles. The van der Waals surface area contributed by atoms with Crippen molar-refractivity contribution in [2.45, 2.75) is 51.6 Å². The van der Waals surface area contributed by atoms with Crippen molar-refractivity contribution in [1.82, 2.24) is 0 Å². The lowest BCUT2D eigenvalue weighted by Gasteiger charge is -2.20. The minimum Gasteiger partial charge on any atom is -0.428 e. The van der Waals surface area contributed by atoms with Crippen molar-refractivity contribution in [3.63, 3.8) is 0 Å². The molecule has 1 fully saturated rings. The van der Waals surface area contributed by atoms with Crippen LogP contribution in [0.25, 0.3) is 0 Å². The van der Waals surface area contributed by atoms with E-state index in [0.29, 0.717) is 0 Å². The zero-order chi connectivity index (χ0) is 11.1. The summed E-state index contributed by atoms with van der Waals surface area (Å²) in [6.07, 6.45) is 4.17. The molecule has 0 aromatic carbocycles. The largest absolute Gasteiger partial charge is 0.550 e. The standard InChI is InChI=1S/C10H16O5/c1-2-9(11)14-15-10(12)13-8-6-4-3-5-7-8/h8H,2-7H2,1H3. The summed E-state index contributed by atoms with van der Waals surface area (Å²) in [5, 5.41) is 0. The molecule has 5 nitrogen and oxygen atoms in total. The molecule has 0 aromatic rings. The zero-order valence-corrected chi connectivity index (χ0v) is 8.86. The van der Waals surface area contributed by atoms with Gasteiger partial charge in [-0.2, -0.15) is 4.79 Å². The van der Waals surface area contributed by atoms with Crippen LogP contribution in [0.3, 0.4) is 0 Å². The first-order valence-electron chi connectivity index (χ1n) is 5.30. The van der Waals surface area contributed by atoms with E-state index >= 15 is 0 Å². The van der Waals surface area contributed by atoms with Crippen LogP contribution >= 0.6 is 0 Å². The van der Waals surface area contributed by atoms with Crippen LogP contribution in [-0.4, -0.2) is 18.2 Å². The van der Waals surface area contributed by atoms with E-state index in [1.54, 1.807) is 6.92 Å². The SMILES string of the molecule is CCC(=O)OOC(=O)OC1CCCCC1. The minimum absolute atomic E-state index is 0.0911. The summed E-state index contributed by atoms with van der Waals surface area (Å²) in [6.45, 7) is 1.61. The van der Waals surface area contributed by atoms with Crippen molar-refractivity contribution in [1.29, 1.82) is 0 Å². The monoisotopic (exact) mass is 216 g/mol. The molecule has 0 unspecified atom stereocenters. The van der Waals surface area contributed by atoms with Crippen molar-refractivity contribution < 1.29 is 24.1 Å². The van der Waals surface area contributed by atoms with Gasteiger partial charge in [0.1, 0.15) is 6.10 Å². The molecule has 0 aliphatic heterocycles. The van der Waals surface area contributed by atoms with Gasteiger partial charge < -0.3 is 4.74 Å². The Kier molecular flexibility index (Phi) is 4.93. The Morgan fingerprint density at radius 1 is 1.13 bits per heavy atom. The van der Waals surface area contributed by atoms with Crippen LogP contribution in [0.2, 0.25) is 0 Å². The highest BCUT2D eigenvalue weighted by Crippen LogP contribution is 2.20. The third-order valence-electron chi connectivity index (χ3n) is 2.31. The van der Waals surface area contributed by atoms with Gasteiger partial charge in [-0.1, -0.05) is 13.3 Å². The molecule has 1 rings (SSSR count). The second kappa shape index (κ2) is 6.27. The van der Waals surface area contributed by atoms with Gasteiger partial charge in [0.2, 0.25) is 0 Å². The van der Waals surface area contributed by atoms with Gasteiger partial charge in [0.05, 0.1) is 0 Å². The second-order valence-electron chi connectivity index (χ2n) is 3.52. The zero-order valence-electron chi connectivity index (χ0n) is 8.86. The van der Waals surface area contributed by atoms with Gasteiger partial charge in [-0.3, -0.25) is 0 Å². The maximum absolute atomic E-state index is 11.0. The lowest BCUT2D eigenvalue weighted by Crippen LogP contribution is -2.22. The Labute approximate surface area is 88.6 Å². The molecule has 0 spiro atoms.